The number of rotatable bonds is 7. The molecule has 0 spiro atoms. The van der Waals surface area contributed by atoms with Crippen molar-refractivity contribution in [3.05, 3.63) is 26.6 Å². The van der Waals surface area contributed by atoms with E-state index < -0.39 is 22.0 Å². The Labute approximate surface area is 145 Å². The van der Waals surface area contributed by atoms with E-state index in [1.165, 1.54) is 17.8 Å². The number of carbonyl (C=O) groups is 1. The Hall–Kier alpha value is -0.0900. The van der Waals surface area contributed by atoms with Gasteiger partial charge in [0.1, 0.15) is 6.04 Å². The van der Waals surface area contributed by atoms with E-state index in [9.17, 15) is 13.2 Å². The van der Waals surface area contributed by atoms with Crippen LogP contribution in [0.2, 0.25) is 0 Å². The van der Waals surface area contributed by atoms with E-state index in [2.05, 4.69) is 36.6 Å². The van der Waals surface area contributed by atoms with Gasteiger partial charge in [0.2, 0.25) is 10.0 Å². The summed E-state index contributed by atoms with van der Waals surface area (Å²) in [6.45, 7) is 1.83. The summed E-state index contributed by atoms with van der Waals surface area (Å²) in [7, 11) is -3.92. The normalized spacial score (nSPS) is 13.1. The molecule has 0 saturated heterocycles. The highest BCUT2D eigenvalue weighted by Crippen LogP contribution is 2.29. The molecule has 1 aromatic carbocycles. The molecule has 0 amide bonds. The summed E-state index contributed by atoms with van der Waals surface area (Å²) >= 11 is 7.94. The number of hydrogen-bond acceptors (Lipinski definition) is 4. The van der Waals surface area contributed by atoms with Crippen LogP contribution in [0.3, 0.4) is 0 Å². The van der Waals surface area contributed by atoms with Crippen molar-refractivity contribution in [3.63, 3.8) is 0 Å². The molecule has 5 nitrogen and oxygen atoms in total. The molecule has 9 heteroatoms. The van der Waals surface area contributed by atoms with Gasteiger partial charge in [-0.1, -0.05) is 15.9 Å². The number of carboxylic acid groups (broad SMARTS) is 1. The fourth-order valence-corrected chi connectivity index (χ4v) is 4.93. The first-order valence-corrected chi connectivity index (χ1v) is 10.3. The first-order valence-electron chi connectivity index (χ1n) is 5.88. The van der Waals surface area contributed by atoms with Crippen LogP contribution >= 0.6 is 43.6 Å². The van der Waals surface area contributed by atoms with Gasteiger partial charge >= 0.3 is 5.97 Å². The number of carboxylic acids is 1. The van der Waals surface area contributed by atoms with Gasteiger partial charge in [0.15, 0.2) is 0 Å². The van der Waals surface area contributed by atoms with Crippen LogP contribution in [-0.2, 0) is 14.8 Å². The lowest BCUT2D eigenvalue weighted by molar-refractivity contribution is -0.139. The number of nitrogens with one attached hydrogen (secondary N) is 1. The van der Waals surface area contributed by atoms with Gasteiger partial charge in [-0.25, -0.2) is 8.42 Å². The molecule has 1 rings (SSSR count). The fraction of sp³-hybridized carbons (Fsp3) is 0.417. The summed E-state index contributed by atoms with van der Waals surface area (Å²) in [5.74, 6) is -0.631. The van der Waals surface area contributed by atoms with Crippen LogP contribution < -0.4 is 4.72 Å². The van der Waals surface area contributed by atoms with Crippen LogP contribution in [0.25, 0.3) is 0 Å². The van der Waals surface area contributed by atoms with Gasteiger partial charge in [0, 0.05) is 8.95 Å². The quantitative estimate of drug-likeness (QED) is 0.653. The molecular weight excluding hydrogens is 446 g/mol. The average Bonchev–Trinajstić information content (AvgIpc) is 2.38. The van der Waals surface area contributed by atoms with Gasteiger partial charge < -0.3 is 5.11 Å². The molecule has 1 aromatic rings. The van der Waals surface area contributed by atoms with Gasteiger partial charge in [0.05, 0.1) is 4.90 Å². The second-order valence-electron chi connectivity index (χ2n) is 4.33. The predicted octanol–water partition coefficient (Wildman–Crippen LogP) is 3.00. The lowest BCUT2D eigenvalue weighted by Gasteiger charge is -2.15. The molecule has 0 saturated carbocycles. The Balaban J connectivity index is 3.10. The highest BCUT2D eigenvalue weighted by Gasteiger charge is 2.27. The maximum absolute atomic E-state index is 12.4. The molecule has 118 valence electrons. The minimum absolute atomic E-state index is 0.00961. The van der Waals surface area contributed by atoms with E-state index in [0.29, 0.717) is 14.7 Å². The van der Waals surface area contributed by atoms with Gasteiger partial charge in [-0.2, -0.15) is 16.5 Å². The van der Waals surface area contributed by atoms with Crippen LogP contribution in [0.4, 0.5) is 0 Å². The third kappa shape index (κ3) is 5.24. The van der Waals surface area contributed by atoms with Gasteiger partial charge in [-0.05, 0) is 59.0 Å². The molecule has 0 unspecified atom stereocenters. The second-order valence-corrected chi connectivity index (χ2v) is 8.70. The van der Waals surface area contributed by atoms with Crippen molar-refractivity contribution in [1.82, 2.24) is 4.72 Å². The molecule has 0 aliphatic carbocycles. The van der Waals surface area contributed by atoms with Crippen LogP contribution in [0.15, 0.2) is 26.0 Å². The van der Waals surface area contributed by atoms with Crippen molar-refractivity contribution in [2.75, 3.05) is 12.0 Å². The van der Waals surface area contributed by atoms with E-state index >= 15 is 0 Å². The Morgan fingerprint density at radius 3 is 2.52 bits per heavy atom. The molecule has 0 aliphatic rings. The number of aliphatic carboxylic acids is 1. The molecule has 0 aliphatic heterocycles. The number of thioether (sulfide) groups is 1. The topological polar surface area (TPSA) is 83.5 Å². The summed E-state index contributed by atoms with van der Waals surface area (Å²) in [5.41, 5.74) is 0.873. The molecule has 21 heavy (non-hydrogen) atoms. The summed E-state index contributed by atoms with van der Waals surface area (Å²) < 4.78 is 28.0. The van der Waals surface area contributed by atoms with Crippen LogP contribution in [-0.4, -0.2) is 37.5 Å². The third-order valence-corrected chi connectivity index (χ3v) is 6.64. The Morgan fingerprint density at radius 1 is 1.38 bits per heavy atom. The van der Waals surface area contributed by atoms with E-state index in [4.69, 9.17) is 5.11 Å². The van der Waals surface area contributed by atoms with Gasteiger partial charge in [-0.3, -0.25) is 4.79 Å². The molecule has 0 fully saturated rings. The first kappa shape index (κ1) is 19.0. The monoisotopic (exact) mass is 459 g/mol. The minimum atomic E-state index is -3.92. The molecule has 0 bridgehead atoms. The SMILES string of the molecule is CSCC[C@H](NS(=O)(=O)c1cc(Br)c(C)cc1Br)C(=O)O. The van der Waals surface area contributed by atoms with Crippen LogP contribution in [0.1, 0.15) is 12.0 Å². The summed E-state index contributed by atoms with van der Waals surface area (Å²) in [6.07, 6.45) is 2.06. The lowest BCUT2D eigenvalue weighted by Crippen LogP contribution is -2.41. The predicted molar refractivity (Wildman–Crippen MR) is 91.3 cm³/mol. The maximum Gasteiger partial charge on any atom is 0.321 e. The van der Waals surface area contributed by atoms with E-state index in [0.717, 1.165) is 5.56 Å². The fourth-order valence-electron chi connectivity index (χ4n) is 1.55. The molecule has 1 atom stereocenters. The first-order chi connectivity index (χ1) is 9.69. The number of sulfonamides is 1. The Morgan fingerprint density at radius 2 is 2.00 bits per heavy atom. The van der Waals surface area contributed by atoms with Crippen molar-refractivity contribution in [1.29, 1.82) is 0 Å². The van der Waals surface area contributed by atoms with Crippen molar-refractivity contribution in [2.24, 2.45) is 0 Å². The molecular formula is C12H15Br2NO4S2. The highest BCUT2D eigenvalue weighted by molar-refractivity contribution is 9.11. The molecule has 0 aromatic heterocycles. The Kier molecular flexibility index (Phi) is 7.18. The lowest BCUT2D eigenvalue weighted by atomic mass is 10.2. The molecule has 2 N–H and O–H groups in total. The average molecular weight is 461 g/mol. The van der Waals surface area contributed by atoms with E-state index in [1.807, 2.05) is 13.2 Å². The van der Waals surface area contributed by atoms with Crippen LogP contribution in [0, 0.1) is 6.92 Å². The zero-order valence-corrected chi connectivity index (χ0v) is 16.2. The van der Waals surface area contributed by atoms with Gasteiger partial charge in [-0.15, -0.1) is 0 Å². The smallest absolute Gasteiger partial charge is 0.321 e. The largest absolute Gasteiger partial charge is 0.480 e. The summed E-state index contributed by atoms with van der Waals surface area (Å²) in [6, 6.07) is 1.97. The van der Waals surface area contributed by atoms with Gasteiger partial charge in [0.25, 0.3) is 0 Å². The van der Waals surface area contributed by atoms with E-state index in [1.54, 1.807) is 6.07 Å². The van der Waals surface area contributed by atoms with Crippen molar-refractivity contribution < 1.29 is 18.3 Å². The van der Waals surface area contributed by atoms with Crippen molar-refractivity contribution in [3.8, 4) is 0 Å². The summed E-state index contributed by atoms with van der Waals surface area (Å²) in [4.78, 5) is 11.2. The summed E-state index contributed by atoms with van der Waals surface area (Å²) in [5, 5.41) is 9.12. The van der Waals surface area contributed by atoms with Crippen LogP contribution in [0.5, 0.6) is 0 Å². The zero-order chi connectivity index (χ0) is 16.2. The Bertz CT molecular complexity index is 634. The molecule has 0 heterocycles. The number of halogens is 2. The highest BCUT2D eigenvalue weighted by atomic mass is 79.9. The van der Waals surface area contributed by atoms with E-state index in [-0.39, 0.29) is 11.3 Å². The third-order valence-electron chi connectivity index (χ3n) is 2.71. The zero-order valence-electron chi connectivity index (χ0n) is 11.4. The number of aryl methyl sites for hydroxylation is 1. The minimum Gasteiger partial charge on any atom is -0.480 e. The maximum atomic E-state index is 12.4. The standard InChI is InChI=1S/C12H15Br2NO4S2/c1-7-5-9(14)11(6-8(7)13)21(18,19)15-10(12(16)17)3-4-20-2/h5-6,10,15H,3-4H2,1-2H3,(H,16,17)/t10-/m0/s1. The second kappa shape index (κ2) is 7.96. The number of hydrogen-bond donors (Lipinski definition) is 2. The van der Waals surface area contributed by atoms with Crippen molar-refractivity contribution >= 4 is 59.6 Å². The van der Waals surface area contributed by atoms with Crippen molar-refractivity contribution in [2.45, 2.75) is 24.3 Å². The number of benzene rings is 1. The molecule has 0 radical (unpaired) electrons.